The minimum atomic E-state index is 0.683. The van der Waals surface area contributed by atoms with Crippen LogP contribution in [0.4, 0.5) is 0 Å². The molecule has 66 valence electrons. The first-order valence-corrected chi connectivity index (χ1v) is 5.23. The zero-order valence-corrected chi connectivity index (χ0v) is 8.37. The van der Waals surface area contributed by atoms with Crippen LogP contribution in [0.2, 0.25) is 0 Å². The fourth-order valence-electron chi connectivity index (χ4n) is 1.54. The van der Waals surface area contributed by atoms with Crippen molar-refractivity contribution in [3.63, 3.8) is 0 Å². The van der Waals surface area contributed by atoms with Crippen LogP contribution in [0.25, 0.3) is 0 Å². The van der Waals surface area contributed by atoms with E-state index in [9.17, 15) is 0 Å². The van der Waals surface area contributed by atoms with Gasteiger partial charge in [0, 0.05) is 17.3 Å². The summed E-state index contributed by atoms with van der Waals surface area (Å²) in [5.74, 6) is 0.683. The van der Waals surface area contributed by atoms with E-state index in [1.807, 2.05) is 11.3 Å². The van der Waals surface area contributed by atoms with Gasteiger partial charge in [0.25, 0.3) is 0 Å². The molecule has 2 nitrogen and oxygen atoms in total. The molecule has 0 spiro atoms. The summed E-state index contributed by atoms with van der Waals surface area (Å²) in [7, 11) is 0. The number of thiazole rings is 1. The van der Waals surface area contributed by atoms with E-state index in [4.69, 9.17) is 0 Å². The molecule has 1 aliphatic heterocycles. The fourth-order valence-corrected chi connectivity index (χ4v) is 2.60. The minimum absolute atomic E-state index is 0.683. The van der Waals surface area contributed by atoms with E-state index >= 15 is 0 Å². The second-order valence-electron chi connectivity index (χ2n) is 3.38. The minimum Gasteiger partial charge on any atom is -0.316 e. The molecule has 1 N–H and O–H groups in total. The van der Waals surface area contributed by atoms with Gasteiger partial charge in [-0.25, -0.2) is 4.98 Å². The summed E-state index contributed by atoms with van der Waals surface area (Å²) in [6, 6.07) is 0. The van der Waals surface area contributed by atoms with E-state index in [1.165, 1.54) is 22.0 Å². The highest BCUT2D eigenvalue weighted by molar-refractivity contribution is 7.11. The Morgan fingerprint density at radius 1 is 1.50 bits per heavy atom. The lowest BCUT2D eigenvalue weighted by atomic mass is 10.1. The van der Waals surface area contributed by atoms with Crippen molar-refractivity contribution in [1.82, 2.24) is 10.3 Å². The van der Waals surface area contributed by atoms with Gasteiger partial charge in [-0.1, -0.05) is 0 Å². The summed E-state index contributed by atoms with van der Waals surface area (Å²) in [4.78, 5) is 5.94. The number of nitrogens with one attached hydrogen (secondary N) is 1. The predicted octanol–water partition coefficient (Wildman–Crippen LogP) is 1.84. The van der Waals surface area contributed by atoms with Crippen molar-refractivity contribution in [1.29, 1.82) is 0 Å². The predicted molar refractivity (Wildman–Crippen MR) is 51.8 cm³/mol. The first-order chi connectivity index (χ1) is 5.77. The third-order valence-corrected chi connectivity index (χ3v) is 3.69. The van der Waals surface area contributed by atoms with Crippen LogP contribution in [0.3, 0.4) is 0 Å². The quantitative estimate of drug-likeness (QED) is 0.717. The lowest BCUT2D eigenvalue weighted by molar-refractivity contribution is 0.753. The SMILES string of the molecule is Cc1nc(C2CCNC2)sc1C. The Kier molecular flexibility index (Phi) is 2.15. The van der Waals surface area contributed by atoms with Gasteiger partial charge in [-0.3, -0.25) is 0 Å². The Morgan fingerprint density at radius 2 is 2.33 bits per heavy atom. The second-order valence-corrected chi connectivity index (χ2v) is 4.62. The average molecular weight is 182 g/mol. The van der Waals surface area contributed by atoms with Gasteiger partial charge in [-0.05, 0) is 26.8 Å². The van der Waals surface area contributed by atoms with E-state index in [0.717, 1.165) is 13.1 Å². The van der Waals surface area contributed by atoms with Crippen LogP contribution in [0, 0.1) is 13.8 Å². The lowest BCUT2D eigenvalue weighted by Gasteiger charge is -2.01. The molecule has 2 heterocycles. The molecule has 0 bridgehead atoms. The molecular weight excluding hydrogens is 168 g/mol. The Labute approximate surface area is 77.0 Å². The Balaban J connectivity index is 2.21. The van der Waals surface area contributed by atoms with Gasteiger partial charge in [0.15, 0.2) is 0 Å². The maximum atomic E-state index is 4.57. The van der Waals surface area contributed by atoms with Crippen molar-refractivity contribution in [3.05, 3.63) is 15.6 Å². The van der Waals surface area contributed by atoms with Crippen molar-refractivity contribution < 1.29 is 0 Å². The van der Waals surface area contributed by atoms with E-state index in [1.54, 1.807) is 0 Å². The summed E-state index contributed by atoms with van der Waals surface area (Å²) in [6.45, 7) is 6.52. The van der Waals surface area contributed by atoms with Gasteiger partial charge in [0.1, 0.15) is 0 Å². The first-order valence-electron chi connectivity index (χ1n) is 4.42. The molecule has 1 aliphatic rings. The molecule has 1 fully saturated rings. The molecule has 2 rings (SSSR count). The van der Waals surface area contributed by atoms with Crippen LogP contribution in [0.1, 0.15) is 27.9 Å². The fraction of sp³-hybridized carbons (Fsp3) is 0.667. The molecule has 1 aromatic rings. The number of nitrogens with zero attached hydrogens (tertiary/aromatic N) is 1. The van der Waals surface area contributed by atoms with Gasteiger partial charge in [-0.2, -0.15) is 0 Å². The number of hydrogen-bond acceptors (Lipinski definition) is 3. The molecule has 0 saturated carbocycles. The molecule has 3 heteroatoms. The van der Waals surface area contributed by atoms with Crippen molar-refractivity contribution in [3.8, 4) is 0 Å². The third kappa shape index (κ3) is 1.39. The Morgan fingerprint density at radius 3 is 2.83 bits per heavy atom. The van der Waals surface area contributed by atoms with Crippen molar-refractivity contribution >= 4 is 11.3 Å². The number of aryl methyl sites for hydroxylation is 2. The molecule has 1 aromatic heterocycles. The van der Waals surface area contributed by atoms with Gasteiger partial charge in [0.05, 0.1) is 10.7 Å². The standard InChI is InChI=1S/C9H14N2S/c1-6-7(2)12-9(11-6)8-3-4-10-5-8/h8,10H,3-5H2,1-2H3. The molecule has 1 saturated heterocycles. The summed E-state index contributed by atoms with van der Waals surface area (Å²) < 4.78 is 0. The van der Waals surface area contributed by atoms with Crippen LogP contribution >= 0.6 is 11.3 Å². The molecule has 0 radical (unpaired) electrons. The largest absolute Gasteiger partial charge is 0.316 e. The van der Waals surface area contributed by atoms with Gasteiger partial charge < -0.3 is 5.32 Å². The molecule has 0 aromatic carbocycles. The van der Waals surface area contributed by atoms with Crippen LogP contribution < -0.4 is 5.32 Å². The van der Waals surface area contributed by atoms with Crippen LogP contribution in [0.15, 0.2) is 0 Å². The molecule has 0 aliphatic carbocycles. The first kappa shape index (κ1) is 8.20. The highest BCUT2D eigenvalue weighted by atomic mass is 32.1. The molecule has 1 unspecified atom stereocenters. The van der Waals surface area contributed by atoms with Gasteiger partial charge >= 0.3 is 0 Å². The third-order valence-electron chi connectivity index (χ3n) is 2.45. The second kappa shape index (κ2) is 3.15. The molecule has 12 heavy (non-hydrogen) atoms. The summed E-state index contributed by atoms with van der Waals surface area (Å²) in [5.41, 5.74) is 1.21. The Hall–Kier alpha value is -0.410. The molecular formula is C9H14N2S. The van der Waals surface area contributed by atoms with Crippen molar-refractivity contribution in [2.45, 2.75) is 26.2 Å². The van der Waals surface area contributed by atoms with Crippen LogP contribution in [0.5, 0.6) is 0 Å². The zero-order valence-electron chi connectivity index (χ0n) is 7.55. The van der Waals surface area contributed by atoms with Crippen molar-refractivity contribution in [2.75, 3.05) is 13.1 Å². The molecule has 0 amide bonds. The van der Waals surface area contributed by atoms with Crippen molar-refractivity contribution in [2.24, 2.45) is 0 Å². The lowest BCUT2D eigenvalue weighted by Crippen LogP contribution is -2.07. The summed E-state index contributed by atoms with van der Waals surface area (Å²) >= 11 is 1.86. The van der Waals surface area contributed by atoms with E-state index < -0.39 is 0 Å². The van der Waals surface area contributed by atoms with E-state index in [2.05, 4.69) is 24.1 Å². The van der Waals surface area contributed by atoms with E-state index in [0.29, 0.717) is 5.92 Å². The highest BCUT2D eigenvalue weighted by Gasteiger charge is 2.20. The summed E-state index contributed by atoms with van der Waals surface area (Å²) in [5, 5.41) is 4.69. The maximum absolute atomic E-state index is 4.57. The normalized spacial score (nSPS) is 23.3. The van der Waals surface area contributed by atoms with Gasteiger partial charge in [0.2, 0.25) is 0 Å². The smallest absolute Gasteiger partial charge is 0.0974 e. The number of rotatable bonds is 1. The topological polar surface area (TPSA) is 24.9 Å². The molecule has 1 atom stereocenters. The van der Waals surface area contributed by atoms with Gasteiger partial charge in [-0.15, -0.1) is 11.3 Å². The van der Waals surface area contributed by atoms with Crippen LogP contribution in [-0.4, -0.2) is 18.1 Å². The van der Waals surface area contributed by atoms with E-state index in [-0.39, 0.29) is 0 Å². The monoisotopic (exact) mass is 182 g/mol. The number of aromatic nitrogens is 1. The van der Waals surface area contributed by atoms with Crippen LogP contribution in [-0.2, 0) is 0 Å². The zero-order chi connectivity index (χ0) is 8.55. The Bertz CT molecular complexity index is 255. The maximum Gasteiger partial charge on any atom is 0.0974 e. The highest BCUT2D eigenvalue weighted by Crippen LogP contribution is 2.27. The summed E-state index contributed by atoms with van der Waals surface area (Å²) in [6.07, 6.45) is 1.26. The average Bonchev–Trinajstić information content (AvgIpc) is 2.61. The number of hydrogen-bond donors (Lipinski definition) is 1.